The van der Waals surface area contributed by atoms with Gasteiger partial charge >= 0.3 is 0 Å². The molecule has 1 aliphatic rings. The molecule has 0 radical (unpaired) electrons. The normalized spacial score (nSPS) is 24.6. The molecule has 1 aliphatic carbocycles. The molecule has 1 fully saturated rings. The van der Waals surface area contributed by atoms with Crippen LogP contribution in [0.5, 0.6) is 0 Å². The van der Waals surface area contributed by atoms with Crippen LogP contribution in [0, 0.1) is 17.8 Å². The lowest BCUT2D eigenvalue weighted by atomic mass is 9.75. The van der Waals surface area contributed by atoms with E-state index in [1.54, 1.807) is 24.3 Å². The van der Waals surface area contributed by atoms with Crippen LogP contribution in [0.25, 0.3) is 0 Å². The Morgan fingerprint density at radius 1 is 1.06 bits per heavy atom. The molecule has 0 bridgehead atoms. The van der Waals surface area contributed by atoms with Crippen LogP contribution in [0.1, 0.15) is 51.4 Å². The topological polar surface area (TPSA) is 49.8 Å². The molecule has 31 heavy (non-hydrogen) atoms. The van der Waals surface area contributed by atoms with E-state index in [4.69, 9.17) is 16.1 Å². The van der Waals surface area contributed by atoms with E-state index in [1.165, 1.54) is 0 Å². The van der Waals surface area contributed by atoms with E-state index in [0.29, 0.717) is 33.6 Å². The molecule has 4 nitrogen and oxygen atoms in total. The summed E-state index contributed by atoms with van der Waals surface area (Å²) in [6, 6.07) is 14.4. The number of hydrogen-bond donors (Lipinski definition) is 1. The molecule has 5 atom stereocenters. The van der Waals surface area contributed by atoms with Gasteiger partial charge in [-0.15, -0.1) is 0 Å². The van der Waals surface area contributed by atoms with Crippen molar-refractivity contribution in [3.63, 3.8) is 0 Å². The van der Waals surface area contributed by atoms with Crippen molar-refractivity contribution in [1.29, 1.82) is 0 Å². The van der Waals surface area contributed by atoms with Crippen molar-refractivity contribution in [2.75, 3.05) is 19.0 Å². The van der Waals surface area contributed by atoms with Crippen LogP contribution < -0.4 is 10.2 Å². The molecule has 3 rings (SSSR count). The molecule has 0 heterocycles. The SMILES string of the molecule is CC1CCC(C(C)C)C(OP(=O)(c2ccc(N(C)C)cc2)C(O)c2ccc(Cl)cc2)C1. The molecule has 0 aliphatic heterocycles. The molecule has 1 saturated carbocycles. The Bertz CT molecular complexity index is 898. The maximum absolute atomic E-state index is 14.5. The first-order chi connectivity index (χ1) is 14.6. The lowest BCUT2D eigenvalue weighted by Crippen LogP contribution is -2.35. The number of anilines is 1. The van der Waals surface area contributed by atoms with E-state index in [2.05, 4.69) is 20.8 Å². The summed E-state index contributed by atoms with van der Waals surface area (Å²) in [4.78, 5) is 1.99. The standard InChI is InChI=1S/C25H35ClNO3P/c1-17(2)23-15-6-18(3)16-24(23)30-31(29,22-13-11-21(12-14-22)27(4)5)25(28)19-7-9-20(26)10-8-19/h7-14,17-18,23-25,28H,6,15-16H2,1-5H3. The number of nitrogens with zero attached hydrogens (tertiary/aromatic N) is 1. The van der Waals surface area contributed by atoms with Crippen molar-refractivity contribution >= 4 is 30.0 Å². The van der Waals surface area contributed by atoms with Crippen LogP contribution in [0.4, 0.5) is 5.69 Å². The van der Waals surface area contributed by atoms with Crippen LogP contribution in [-0.2, 0) is 9.09 Å². The van der Waals surface area contributed by atoms with Gasteiger partial charge < -0.3 is 14.5 Å². The second-order valence-electron chi connectivity index (χ2n) is 9.40. The Labute approximate surface area is 192 Å². The summed E-state index contributed by atoms with van der Waals surface area (Å²) in [5.41, 5.74) is 1.55. The van der Waals surface area contributed by atoms with E-state index in [1.807, 2.05) is 43.3 Å². The van der Waals surface area contributed by atoms with Crippen LogP contribution in [0.15, 0.2) is 48.5 Å². The minimum Gasteiger partial charge on any atom is -0.378 e. The zero-order chi connectivity index (χ0) is 22.8. The van der Waals surface area contributed by atoms with Gasteiger partial charge in [0, 0.05) is 30.1 Å². The van der Waals surface area contributed by atoms with Gasteiger partial charge in [0.15, 0.2) is 5.85 Å². The zero-order valence-electron chi connectivity index (χ0n) is 19.2. The van der Waals surface area contributed by atoms with Gasteiger partial charge in [-0.2, -0.15) is 0 Å². The van der Waals surface area contributed by atoms with Crippen LogP contribution in [0.2, 0.25) is 5.02 Å². The predicted octanol–water partition coefficient (Wildman–Crippen LogP) is 6.48. The Balaban J connectivity index is 2.02. The number of hydrogen-bond acceptors (Lipinski definition) is 4. The molecule has 0 amide bonds. The van der Waals surface area contributed by atoms with Crippen molar-refractivity contribution < 1.29 is 14.2 Å². The molecule has 0 spiro atoms. The summed E-state index contributed by atoms with van der Waals surface area (Å²) < 4.78 is 21.0. The predicted molar refractivity (Wildman–Crippen MR) is 131 cm³/mol. The summed E-state index contributed by atoms with van der Waals surface area (Å²) in [5.74, 6) is 0.00925. The number of aliphatic hydroxyl groups is 1. The molecule has 1 N–H and O–H groups in total. The molecule has 5 unspecified atom stereocenters. The molecule has 0 saturated heterocycles. The molecule has 2 aromatic rings. The fourth-order valence-electron chi connectivity index (χ4n) is 4.49. The van der Waals surface area contributed by atoms with E-state index in [0.717, 1.165) is 24.9 Å². The quantitative estimate of drug-likeness (QED) is 0.477. The Morgan fingerprint density at radius 3 is 2.23 bits per heavy atom. The van der Waals surface area contributed by atoms with Crippen molar-refractivity contribution in [1.82, 2.24) is 0 Å². The summed E-state index contributed by atoms with van der Waals surface area (Å²) in [6.45, 7) is 6.62. The Hall–Kier alpha value is -1.32. The maximum Gasteiger partial charge on any atom is 0.264 e. The number of halogens is 1. The Morgan fingerprint density at radius 2 is 1.68 bits per heavy atom. The third-order valence-corrected chi connectivity index (χ3v) is 9.27. The summed E-state index contributed by atoms with van der Waals surface area (Å²) in [5, 5.41) is 12.5. The van der Waals surface area contributed by atoms with Gasteiger partial charge in [0.1, 0.15) is 0 Å². The van der Waals surface area contributed by atoms with Gasteiger partial charge in [-0.1, -0.05) is 50.9 Å². The van der Waals surface area contributed by atoms with Crippen LogP contribution >= 0.6 is 19.0 Å². The first-order valence-corrected chi connectivity index (χ1v) is 13.2. The summed E-state index contributed by atoms with van der Waals surface area (Å²) >= 11 is 6.03. The minimum absolute atomic E-state index is 0.148. The number of aliphatic hydroxyl groups excluding tert-OH is 1. The largest absolute Gasteiger partial charge is 0.378 e. The average Bonchev–Trinajstić information content (AvgIpc) is 2.73. The highest BCUT2D eigenvalue weighted by Gasteiger charge is 2.42. The van der Waals surface area contributed by atoms with Gasteiger partial charge in [-0.3, -0.25) is 4.57 Å². The molecular weight excluding hydrogens is 429 g/mol. The number of rotatable bonds is 7. The first kappa shape index (κ1) is 24.3. The average molecular weight is 464 g/mol. The summed E-state index contributed by atoms with van der Waals surface area (Å²) in [7, 11) is 0.297. The number of benzene rings is 2. The van der Waals surface area contributed by atoms with Crippen molar-refractivity contribution in [2.24, 2.45) is 17.8 Å². The van der Waals surface area contributed by atoms with E-state index in [-0.39, 0.29) is 6.10 Å². The monoisotopic (exact) mass is 463 g/mol. The second kappa shape index (κ2) is 10.1. The first-order valence-electron chi connectivity index (χ1n) is 11.1. The maximum atomic E-state index is 14.5. The minimum atomic E-state index is -3.63. The van der Waals surface area contributed by atoms with Gasteiger partial charge in [0.25, 0.3) is 7.37 Å². The van der Waals surface area contributed by atoms with E-state index >= 15 is 0 Å². The van der Waals surface area contributed by atoms with Crippen LogP contribution in [-0.4, -0.2) is 25.3 Å². The second-order valence-corrected chi connectivity index (χ2v) is 12.2. The fourth-order valence-corrected chi connectivity index (χ4v) is 6.91. The third kappa shape index (κ3) is 5.54. The van der Waals surface area contributed by atoms with Crippen molar-refractivity contribution in [2.45, 2.75) is 52.0 Å². The van der Waals surface area contributed by atoms with E-state index < -0.39 is 13.2 Å². The highest BCUT2D eigenvalue weighted by atomic mass is 35.5. The van der Waals surface area contributed by atoms with Gasteiger partial charge in [0.2, 0.25) is 0 Å². The molecular formula is C25H35ClNO3P. The summed E-state index contributed by atoms with van der Waals surface area (Å²) in [6.07, 6.45) is 2.92. The highest BCUT2D eigenvalue weighted by Crippen LogP contribution is 2.60. The smallest absolute Gasteiger partial charge is 0.264 e. The van der Waals surface area contributed by atoms with Gasteiger partial charge in [-0.25, -0.2) is 0 Å². The molecule has 170 valence electrons. The lowest BCUT2D eigenvalue weighted by molar-refractivity contribution is 0.0427. The Kier molecular flexibility index (Phi) is 7.91. The van der Waals surface area contributed by atoms with Crippen LogP contribution in [0.3, 0.4) is 0 Å². The van der Waals surface area contributed by atoms with Crippen molar-refractivity contribution in [3.8, 4) is 0 Å². The molecule has 6 heteroatoms. The van der Waals surface area contributed by atoms with Gasteiger partial charge in [0.05, 0.1) is 6.10 Å². The van der Waals surface area contributed by atoms with Gasteiger partial charge in [-0.05, 0) is 72.6 Å². The van der Waals surface area contributed by atoms with Crippen molar-refractivity contribution in [3.05, 3.63) is 59.1 Å². The zero-order valence-corrected chi connectivity index (χ0v) is 20.8. The van der Waals surface area contributed by atoms with E-state index in [9.17, 15) is 9.67 Å². The highest BCUT2D eigenvalue weighted by molar-refractivity contribution is 7.67. The molecule has 0 aromatic heterocycles. The third-order valence-electron chi connectivity index (χ3n) is 6.47. The fraction of sp³-hybridized carbons (Fsp3) is 0.520. The molecule has 2 aromatic carbocycles. The lowest BCUT2D eigenvalue weighted by Gasteiger charge is -2.40.